The average molecular weight is 373 g/mol. The first kappa shape index (κ1) is 18.3. The van der Waals surface area contributed by atoms with E-state index in [9.17, 15) is 14.4 Å². The Kier molecular flexibility index (Phi) is 6.14. The topological polar surface area (TPSA) is 72.9 Å². The van der Waals surface area contributed by atoms with E-state index in [2.05, 4.69) is 0 Å². The minimum Gasteiger partial charge on any atom is -0.454 e. The Balaban J connectivity index is 1.51. The molecule has 0 saturated carbocycles. The summed E-state index contributed by atoms with van der Waals surface area (Å²) in [5.74, 6) is -0.771. The molecule has 7 heteroatoms. The zero-order valence-corrected chi connectivity index (χ0v) is 15.0. The Bertz CT molecular complexity index is 780. The third-order valence-corrected chi connectivity index (χ3v) is 5.10. The van der Waals surface area contributed by atoms with Gasteiger partial charge in [-0.3, -0.25) is 9.59 Å². The molecule has 1 fully saturated rings. The molecule has 1 aromatic carbocycles. The van der Waals surface area contributed by atoms with Gasteiger partial charge in [-0.1, -0.05) is 18.2 Å². The largest absolute Gasteiger partial charge is 0.454 e. The van der Waals surface area contributed by atoms with Crippen LogP contribution in [0.5, 0.6) is 0 Å². The first-order valence-corrected chi connectivity index (χ1v) is 9.15. The molecular formula is C19H19NO5S. The maximum absolute atomic E-state index is 12.2. The van der Waals surface area contributed by atoms with Crippen LogP contribution in [0.2, 0.25) is 0 Å². The number of carbonyl (C=O) groups excluding carboxylic acids is 3. The van der Waals surface area contributed by atoms with E-state index in [1.807, 2.05) is 0 Å². The number of amides is 1. The fourth-order valence-corrected chi connectivity index (χ4v) is 3.48. The van der Waals surface area contributed by atoms with Gasteiger partial charge >= 0.3 is 5.97 Å². The Labute approximate surface area is 155 Å². The molecule has 2 heterocycles. The fourth-order valence-electron chi connectivity index (χ4n) is 2.56. The predicted molar refractivity (Wildman–Crippen MR) is 96.5 cm³/mol. The van der Waals surface area contributed by atoms with E-state index in [0.717, 1.165) is 4.88 Å². The molecule has 1 amide bonds. The number of hydrogen-bond donors (Lipinski definition) is 0. The van der Waals surface area contributed by atoms with Crippen molar-refractivity contribution in [3.63, 3.8) is 0 Å². The molecule has 0 spiro atoms. The van der Waals surface area contributed by atoms with Crippen molar-refractivity contribution >= 4 is 29.0 Å². The number of nitrogens with zero attached hydrogens (tertiary/aromatic N) is 1. The summed E-state index contributed by atoms with van der Waals surface area (Å²) >= 11 is 1.26. The van der Waals surface area contributed by atoms with Crippen LogP contribution in [0.3, 0.4) is 0 Å². The molecule has 136 valence electrons. The molecule has 3 rings (SSSR count). The number of thiophene rings is 1. The Morgan fingerprint density at radius 1 is 1.04 bits per heavy atom. The van der Waals surface area contributed by atoms with Gasteiger partial charge in [0, 0.05) is 18.0 Å². The minimum atomic E-state index is -0.529. The lowest BCUT2D eigenvalue weighted by Gasteiger charge is -2.26. The lowest BCUT2D eigenvalue weighted by atomic mass is 10.2. The van der Waals surface area contributed by atoms with E-state index >= 15 is 0 Å². The van der Waals surface area contributed by atoms with Crippen molar-refractivity contribution in [3.05, 3.63) is 57.8 Å². The molecule has 1 aromatic heterocycles. The number of ether oxygens (including phenoxy) is 2. The highest BCUT2D eigenvalue weighted by atomic mass is 32.1. The Morgan fingerprint density at radius 2 is 1.77 bits per heavy atom. The summed E-state index contributed by atoms with van der Waals surface area (Å²) in [5, 5.41) is 0. The van der Waals surface area contributed by atoms with Gasteiger partial charge in [-0.2, -0.15) is 0 Å². The van der Waals surface area contributed by atoms with E-state index in [0.29, 0.717) is 36.7 Å². The van der Waals surface area contributed by atoms with Crippen LogP contribution >= 0.6 is 11.3 Å². The third kappa shape index (κ3) is 4.77. The van der Waals surface area contributed by atoms with Crippen LogP contribution in [0, 0.1) is 0 Å². The number of benzene rings is 1. The molecule has 0 bridgehead atoms. The molecule has 0 atom stereocenters. The number of hydrogen-bond acceptors (Lipinski definition) is 6. The van der Waals surface area contributed by atoms with Crippen LogP contribution in [0.25, 0.3) is 0 Å². The van der Waals surface area contributed by atoms with Crippen molar-refractivity contribution in [2.75, 3.05) is 32.9 Å². The summed E-state index contributed by atoms with van der Waals surface area (Å²) in [7, 11) is 0. The average Bonchev–Trinajstić information content (AvgIpc) is 3.15. The smallest absolute Gasteiger partial charge is 0.338 e. The fraction of sp³-hybridized carbons (Fsp3) is 0.316. The molecule has 0 radical (unpaired) electrons. The monoisotopic (exact) mass is 373 g/mol. The van der Waals surface area contributed by atoms with Crippen LogP contribution in [0.4, 0.5) is 0 Å². The first-order valence-electron chi connectivity index (χ1n) is 8.33. The molecule has 0 aliphatic carbocycles. The van der Waals surface area contributed by atoms with E-state index < -0.39 is 5.97 Å². The molecule has 0 N–H and O–H groups in total. The van der Waals surface area contributed by atoms with Gasteiger partial charge in [0.15, 0.2) is 6.61 Å². The molecule has 0 unspecified atom stereocenters. The quantitative estimate of drug-likeness (QED) is 0.573. The van der Waals surface area contributed by atoms with Crippen molar-refractivity contribution in [1.29, 1.82) is 0 Å². The van der Waals surface area contributed by atoms with Gasteiger partial charge in [0.2, 0.25) is 11.7 Å². The summed E-state index contributed by atoms with van der Waals surface area (Å²) in [6.45, 7) is 2.02. The number of esters is 1. The van der Waals surface area contributed by atoms with Gasteiger partial charge in [-0.15, -0.1) is 11.3 Å². The lowest BCUT2D eigenvalue weighted by Crippen LogP contribution is -2.41. The van der Waals surface area contributed by atoms with Gasteiger partial charge in [0.1, 0.15) is 0 Å². The van der Waals surface area contributed by atoms with Crippen LogP contribution in [-0.2, 0) is 20.7 Å². The molecule has 26 heavy (non-hydrogen) atoms. The van der Waals surface area contributed by atoms with Gasteiger partial charge in [-0.05, 0) is 24.3 Å². The number of carbonyl (C=O) groups is 3. The number of ketones is 1. The Hall–Kier alpha value is -2.51. The standard InChI is InChI=1S/C19H19NO5S/c21-16(13-25-19(23)14-4-2-1-3-5-14)17-7-6-15(26-17)12-18(22)20-8-10-24-11-9-20/h1-7H,8-13H2. The van der Waals surface area contributed by atoms with Gasteiger partial charge in [0.05, 0.1) is 30.1 Å². The van der Waals surface area contributed by atoms with Crippen molar-refractivity contribution < 1.29 is 23.9 Å². The van der Waals surface area contributed by atoms with Crippen molar-refractivity contribution in [3.8, 4) is 0 Å². The maximum atomic E-state index is 12.2. The van der Waals surface area contributed by atoms with Crippen LogP contribution in [0.1, 0.15) is 24.9 Å². The third-order valence-electron chi connectivity index (χ3n) is 3.97. The number of morpholine rings is 1. The highest BCUT2D eigenvalue weighted by Gasteiger charge is 2.19. The maximum Gasteiger partial charge on any atom is 0.338 e. The minimum absolute atomic E-state index is 0.0321. The zero-order valence-electron chi connectivity index (χ0n) is 14.2. The van der Waals surface area contributed by atoms with Crippen molar-refractivity contribution in [2.24, 2.45) is 0 Å². The summed E-state index contributed by atoms with van der Waals surface area (Å²) in [5.41, 5.74) is 0.406. The highest BCUT2D eigenvalue weighted by Crippen LogP contribution is 2.19. The van der Waals surface area contributed by atoms with E-state index in [-0.39, 0.29) is 24.7 Å². The second kappa shape index (κ2) is 8.73. The van der Waals surface area contributed by atoms with Crippen molar-refractivity contribution in [1.82, 2.24) is 4.90 Å². The highest BCUT2D eigenvalue weighted by molar-refractivity contribution is 7.14. The van der Waals surface area contributed by atoms with Gasteiger partial charge in [-0.25, -0.2) is 4.79 Å². The molecular weight excluding hydrogens is 354 g/mol. The van der Waals surface area contributed by atoms with Gasteiger partial charge in [0.25, 0.3) is 0 Å². The summed E-state index contributed by atoms with van der Waals surface area (Å²) in [4.78, 5) is 39.4. The summed E-state index contributed by atoms with van der Waals surface area (Å²) in [6, 6.07) is 12.0. The number of Topliss-reactive ketones (excluding diaryl/α,β-unsaturated/α-hetero) is 1. The zero-order chi connectivity index (χ0) is 18.4. The molecule has 2 aromatic rings. The summed E-state index contributed by atoms with van der Waals surface area (Å²) < 4.78 is 10.3. The second-order valence-corrected chi connectivity index (χ2v) is 6.97. The predicted octanol–water partition coefficient (Wildman–Crippen LogP) is 2.19. The Morgan fingerprint density at radius 3 is 2.50 bits per heavy atom. The molecule has 1 saturated heterocycles. The van der Waals surface area contributed by atoms with E-state index in [1.54, 1.807) is 47.4 Å². The summed E-state index contributed by atoms with van der Waals surface area (Å²) in [6.07, 6.45) is 0.266. The second-order valence-electron chi connectivity index (χ2n) is 5.80. The van der Waals surface area contributed by atoms with Crippen LogP contribution in [-0.4, -0.2) is 55.5 Å². The first-order chi connectivity index (χ1) is 12.6. The van der Waals surface area contributed by atoms with Crippen LogP contribution < -0.4 is 0 Å². The van der Waals surface area contributed by atoms with Gasteiger partial charge < -0.3 is 14.4 Å². The lowest BCUT2D eigenvalue weighted by molar-refractivity contribution is -0.134. The molecule has 6 nitrogen and oxygen atoms in total. The van der Waals surface area contributed by atoms with E-state index in [1.165, 1.54) is 11.3 Å². The van der Waals surface area contributed by atoms with Crippen LogP contribution in [0.15, 0.2) is 42.5 Å². The van der Waals surface area contributed by atoms with Crippen molar-refractivity contribution in [2.45, 2.75) is 6.42 Å². The number of rotatable bonds is 6. The molecule has 1 aliphatic rings. The SMILES string of the molecule is O=C(OCC(=O)c1ccc(CC(=O)N2CCOCC2)s1)c1ccccc1. The normalized spacial score (nSPS) is 14.1. The van der Waals surface area contributed by atoms with E-state index in [4.69, 9.17) is 9.47 Å². The molecule has 1 aliphatic heterocycles.